The normalized spacial score (nSPS) is 25.0. The molecule has 1 saturated heterocycles. The summed E-state index contributed by atoms with van der Waals surface area (Å²) in [6.45, 7) is 1.01. The molecule has 4 rings (SSSR count). The molecule has 0 radical (unpaired) electrons. The lowest BCUT2D eigenvalue weighted by Crippen LogP contribution is -2.38. The lowest BCUT2D eigenvalue weighted by Gasteiger charge is -2.16. The van der Waals surface area contributed by atoms with Gasteiger partial charge in [-0.2, -0.15) is 0 Å². The summed E-state index contributed by atoms with van der Waals surface area (Å²) in [5.74, 6) is -0.00977. The fourth-order valence-corrected chi connectivity index (χ4v) is 5.65. The molecule has 1 aromatic heterocycles. The molecule has 3 atom stereocenters. The van der Waals surface area contributed by atoms with Gasteiger partial charge in [0.2, 0.25) is 15.9 Å². The van der Waals surface area contributed by atoms with E-state index in [0.717, 1.165) is 23.1 Å². The predicted octanol–water partition coefficient (Wildman–Crippen LogP) is 2.81. The lowest BCUT2D eigenvalue weighted by molar-refractivity contribution is -0.131. The minimum atomic E-state index is -3.26. The van der Waals surface area contributed by atoms with Crippen molar-refractivity contribution < 1.29 is 17.6 Å². The molecule has 8 heteroatoms. The molecule has 2 aromatic rings. The maximum atomic E-state index is 14.0. The van der Waals surface area contributed by atoms with E-state index in [9.17, 15) is 17.6 Å². The minimum Gasteiger partial charge on any atom is -0.341 e. The first-order valence-corrected chi connectivity index (χ1v) is 11.7. The smallest absolute Gasteiger partial charge is 0.226 e. The molecular weight excluding hydrogens is 387 g/mol. The zero-order valence-electron chi connectivity index (χ0n) is 14.9. The number of halogens is 1. The van der Waals surface area contributed by atoms with Crippen molar-refractivity contribution in [2.75, 3.05) is 19.3 Å². The summed E-state index contributed by atoms with van der Waals surface area (Å²) in [7, 11) is -3.26. The number of sulfonamides is 1. The van der Waals surface area contributed by atoms with Crippen LogP contribution in [0.2, 0.25) is 0 Å². The van der Waals surface area contributed by atoms with Gasteiger partial charge in [-0.3, -0.25) is 4.79 Å². The fourth-order valence-electron chi connectivity index (χ4n) is 3.76. The van der Waals surface area contributed by atoms with Crippen LogP contribution in [-0.2, 0) is 14.8 Å². The molecule has 1 amide bonds. The number of rotatable bonds is 5. The molecule has 1 saturated carbocycles. The van der Waals surface area contributed by atoms with Gasteiger partial charge in [-0.05, 0) is 35.9 Å². The van der Waals surface area contributed by atoms with Crippen LogP contribution in [0.1, 0.15) is 23.6 Å². The van der Waals surface area contributed by atoms with Gasteiger partial charge in [0, 0.05) is 41.4 Å². The first-order chi connectivity index (χ1) is 12.8. The lowest BCUT2D eigenvalue weighted by atomic mass is 10.1. The van der Waals surface area contributed by atoms with Gasteiger partial charge in [0.1, 0.15) is 5.82 Å². The van der Waals surface area contributed by atoms with Gasteiger partial charge in [-0.25, -0.2) is 17.5 Å². The van der Waals surface area contributed by atoms with Crippen LogP contribution in [0.5, 0.6) is 0 Å². The SMILES string of the molecule is CS(=O)(=O)N[C@H]1CCN(C(=O)[C@@H]2C[C@H]2c2cc(-c3ccccc3F)cs2)C1. The second-order valence-corrected chi connectivity index (χ2v) is 10.0. The highest BCUT2D eigenvalue weighted by molar-refractivity contribution is 7.88. The second kappa shape index (κ2) is 7.00. The Bertz CT molecular complexity index is 973. The summed E-state index contributed by atoms with van der Waals surface area (Å²) in [5.41, 5.74) is 1.43. The van der Waals surface area contributed by atoms with Gasteiger partial charge in [0.15, 0.2) is 0 Å². The third kappa shape index (κ3) is 4.07. The van der Waals surface area contributed by atoms with Crippen molar-refractivity contribution in [3.8, 4) is 11.1 Å². The van der Waals surface area contributed by atoms with Crippen LogP contribution in [0.25, 0.3) is 11.1 Å². The summed E-state index contributed by atoms with van der Waals surface area (Å²) in [5, 5.41) is 1.94. The fraction of sp³-hybridized carbons (Fsp3) is 0.421. The van der Waals surface area contributed by atoms with Crippen molar-refractivity contribution in [2.24, 2.45) is 5.92 Å². The van der Waals surface area contributed by atoms with Crippen LogP contribution in [0, 0.1) is 11.7 Å². The average Bonchev–Trinajstić information content (AvgIpc) is 3.01. The molecule has 0 unspecified atom stereocenters. The maximum absolute atomic E-state index is 14.0. The third-order valence-electron chi connectivity index (χ3n) is 5.16. The molecule has 1 N–H and O–H groups in total. The van der Waals surface area contributed by atoms with Crippen LogP contribution in [0.15, 0.2) is 35.7 Å². The number of hydrogen-bond donors (Lipinski definition) is 1. The number of carbonyl (C=O) groups is 1. The first-order valence-electron chi connectivity index (χ1n) is 8.91. The summed E-state index contributed by atoms with van der Waals surface area (Å²) >= 11 is 1.57. The Morgan fingerprint density at radius 3 is 2.85 bits per heavy atom. The predicted molar refractivity (Wildman–Crippen MR) is 104 cm³/mol. The van der Waals surface area contributed by atoms with Gasteiger partial charge in [-0.1, -0.05) is 18.2 Å². The van der Waals surface area contributed by atoms with Crippen LogP contribution >= 0.6 is 11.3 Å². The van der Waals surface area contributed by atoms with E-state index in [1.54, 1.807) is 28.4 Å². The Morgan fingerprint density at radius 1 is 1.33 bits per heavy atom. The molecule has 1 aliphatic heterocycles. The zero-order valence-corrected chi connectivity index (χ0v) is 16.5. The van der Waals surface area contributed by atoms with Gasteiger partial charge in [0.05, 0.1) is 6.26 Å². The Kier molecular flexibility index (Phi) is 4.82. The molecule has 2 aliphatic rings. The Morgan fingerprint density at radius 2 is 2.11 bits per heavy atom. The van der Waals surface area contributed by atoms with Crippen molar-refractivity contribution in [1.29, 1.82) is 0 Å². The van der Waals surface area contributed by atoms with E-state index in [-0.39, 0.29) is 29.6 Å². The van der Waals surface area contributed by atoms with Crippen LogP contribution in [0.4, 0.5) is 4.39 Å². The van der Waals surface area contributed by atoms with Gasteiger partial charge >= 0.3 is 0 Å². The van der Waals surface area contributed by atoms with Crippen molar-refractivity contribution in [1.82, 2.24) is 9.62 Å². The van der Waals surface area contributed by atoms with Crippen LogP contribution < -0.4 is 4.72 Å². The molecule has 2 heterocycles. The molecule has 27 heavy (non-hydrogen) atoms. The van der Waals surface area contributed by atoms with Crippen molar-refractivity contribution in [2.45, 2.75) is 24.8 Å². The van der Waals surface area contributed by atoms with E-state index in [1.165, 1.54) is 6.07 Å². The number of amides is 1. The number of carbonyl (C=O) groups excluding carboxylic acids is 1. The standard InChI is InChI=1S/C19H21FN2O3S2/c1-27(24,25)21-13-6-7-22(10-13)19(23)16-9-15(16)18-8-12(11-26-18)14-4-2-3-5-17(14)20/h2-5,8,11,13,15-16,21H,6-7,9-10H2,1H3/t13-,15+,16+/m0/s1. The zero-order chi connectivity index (χ0) is 19.2. The summed E-state index contributed by atoms with van der Waals surface area (Å²) in [6, 6.07) is 8.48. The maximum Gasteiger partial charge on any atom is 0.226 e. The molecule has 0 bridgehead atoms. The monoisotopic (exact) mass is 408 g/mol. The Hall–Kier alpha value is -1.77. The van der Waals surface area contributed by atoms with Crippen molar-refractivity contribution >= 4 is 27.3 Å². The highest BCUT2D eigenvalue weighted by atomic mass is 32.2. The quantitative estimate of drug-likeness (QED) is 0.827. The summed E-state index contributed by atoms with van der Waals surface area (Å²) < 4.78 is 39.2. The molecule has 144 valence electrons. The van der Waals surface area contributed by atoms with E-state index in [0.29, 0.717) is 25.1 Å². The van der Waals surface area contributed by atoms with Crippen molar-refractivity contribution in [3.05, 3.63) is 46.4 Å². The highest BCUT2D eigenvalue weighted by Crippen LogP contribution is 2.51. The highest BCUT2D eigenvalue weighted by Gasteiger charge is 2.47. The second-order valence-electron chi connectivity index (χ2n) is 7.33. The summed E-state index contributed by atoms with van der Waals surface area (Å²) in [6.07, 6.45) is 2.59. The molecule has 1 aromatic carbocycles. The van der Waals surface area contributed by atoms with E-state index >= 15 is 0 Å². The summed E-state index contributed by atoms with van der Waals surface area (Å²) in [4.78, 5) is 15.6. The Labute approximate surface area is 162 Å². The number of benzene rings is 1. The molecular formula is C19H21FN2O3S2. The number of likely N-dealkylation sites (tertiary alicyclic amines) is 1. The molecule has 2 fully saturated rings. The number of hydrogen-bond acceptors (Lipinski definition) is 4. The number of thiophene rings is 1. The molecule has 5 nitrogen and oxygen atoms in total. The van der Waals surface area contributed by atoms with E-state index in [1.807, 2.05) is 17.5 Å². The van der Waals surface area contributed by atoms with Gasteiger partial charge in [-0.15, -0.1) is 11.3 Å². The average molecular weight is 409 g/mol. The first kappa shape index (κ1) is 18.6. The minimum absolute atomic E-state index is 0.0471. The third-order valence-corrected chi connectivity index (χ3v) is 6.98. The van der Waals surface area contributed by atoms with Gasteiger partial charge < -0.3 is 4.90 Å². The van der Waals surface area contributed by atoms with Gasteiger partial charge in [0.25, 0.3) is 0 Å². The largest absolute Gasteiger partial charge is 0.341 e. The van der Waals surface area contributed by atoms with Crippen molar-refractivity contribution in [3.63, 3.8) is 0 Å². The van der Waals surface area contributed by atoms with Crippen LogP contribution in [-0.4, -0.2) is 44.6 Å². The van der Waals surface area contributed by atoms with Crippen LogP contribution in [0.3, 0.4) is 0 Å². The number of nitrogens with one attached hydrogen (secondary N) is 1. The molecule has 0 spiro atoms. The topological polar surface area (TPSA) is 66.5 Å². The van der Waals surface area contributed by atoms with E-state index < -0.39 is 10.0 Å². The van der Waals surface area contributed by atoms with E-state index in [2.05, 4.69) is 4.72 Å². The van der Waals surface area contributed by atoms with E-state index in [4.69, 9.17) is 0 Å². The molecule has 1 aliphatic carbocycles. The Balaban J connectivity index is 1.39. The number of nitrogens with zero attached hydrogens (tertiary/aromatic N) is 1.